The molecule has 0 aliphatic heterocycles. The molecule has 3 heteroatoms. The summed E-state index contributed by atoms with van der Waals surface area (Å²) in [5.41, 5.74) is 2.01. The van der Waals surface area contributed by atoms with Crippen molar-refractivity contribution in [3.63, 3.8) is 0 Å². The van der Waals surface area contributed by atoms with Gasteiger partial charge >= 0.3 is 7.12 Å². The Labute approximate surface area is 87.4 Å². The first-order valence-corrected chi connectivity index (χ1v) is 4.57. The molecule has 0 aromatic rings. The van der Waals surface area contributed by atoms with Crippen LogP contribution in [0, 0.1) is 0 Å². The lowest BCUT2D eigenvalue weighted by molar-refractivity contribution is 0.274. The van der Waals surface area contributed by atoms with E-state index in [1.165, 1.54) is 0 Å². The second-order valence-electron chi connectivity index (χ2n) is 3.42. The maximum absolute atomic E-state index is 5.19. The fourth-order valence-electron chi connectivity index (χ4n) is 1.14. The molecule has 0 aromatic carbocycles. The first-order valence-electron chi connectivity index (χ1n) is 4.57. The van der Waals surface area contributed by atoms with Crippen LogP contribution in [-0.2, 0) is 9.31 Å². The molecule has 0 bridgehead atoms. The Kier molecular flexibility index (Phi) is 6.25. The van der Waals surface area contributed by atoms with Crippen molar-refractivity contribution in [2.24, 2.45) is 0 Å². The standard InChI is InChI=1S/C11H19BO2/c1-9(2)7-8-11(10(3)4)12(13-5)14-6/h7-8,11H,1,3H2,2,4-6H3/b8-7-. The van der Waals surface area contributed by atoms with E-state index in [-0.39, 0.29) is 12.9 Å². The van der Waals surface area contributed by atoms with Gasteiger partial charge in [0.05, 0.1) is 0 Å². The van der Waals surface area contributed by atoms with Gasteiger partial charge in [-0.3, -0.25) is 0 Å². The molecule has 0 fully saturated rings. The Morgan fingerprint density at radius 2 is 1.71 bits per heavy atom. The second kappa shape index (κ2) is 6.63. The monoisotopic (exact) mass is 194 g/mol. The van der Waals surface area contributed by atoms with Crippen LogP contribution in [0.1, 0.15) is 13.8 Å². The van der Waals surface area contributed by atoms with Crippen LogP contribution in [0.15, 0.2) is 36.5 Å². The predicted molar refractivity (Wildman–Crippen MR) is 62.3 cm³/mol. The summed E-state index contributed by atoms with van der Waals surface area (Å²) in [6, 6.07) is 0. The van der Waals surface area contributed by atoms with Crippen molar-refractivity contribution in [1.29, 1.82) is 0 Å². The molecule has 0 amide bonds. The van der Waals surface area contributed by atoms with Crippen molar-refractivity contribution >= 4 is 7.12 Å². The normalized spacial score (nSPS) is 12.9. The summed E-state index contributed by atoms with van der Waals surface area (Å²) >= 11 is 0. The number of hydrogen-bond acceptors (Lipinski definition) is 2. The van der Waals surface area contributed by atoms with Crippen LogP contribution in [0.3, 0.4) is 0 Å². The van der Waals surface area contributed by atoms with Crippen LogP contribution < -0.4 is 0 Å². The average molecular weight is 194 g/mol. The first kappa shape index (κ1) is 13.2. The van der Waals surface area contributed by atoms with Crippen LogP contribution in [-0.4, -0.2) is 21.3 Å². The summed E-state index contributed by atoms with van der Waals surface area (Å²) in [6.07, 6.45) is 3.95. The molecular formula is C11H19BO2. The third-order valence-electron chi connectivity index (χ3n) is 1.91. The highest BCUT2D eigenvalue weighted by atomic mass is 16.6. The molecule has 0 radical (unpaired) electrons. The van der Waals surface area contributed by atoms with Crippen molar-refractivity contribution in [2.75, 3.05) is 14.2 Å². The van der Waals surface area contributed by atoms with E-state index in [1.54, 1.807) is 14.2 Å². The molecule has 0 aliphatic carbocycles. The number of rotatable bonds is 6. The highest BCUT2D eigenvalue weighted by molar-refractivity contribution is 6.48. The number of allylic oxidation sites excluding steroid dienone is 4. The van der Waals surface area contributed by atoms with Gasteiger partial charge in [0.2, 0.25) is 0 Å². The van der Waals surface area contributed by atoms with Crippen molar-refractivity contribution in [1.82, 2.24) is 0 Å². The van der Waals surface area contributed by atoms with Gasteiger partial charge < -0.3 is 9.31 Å². The van der Waals surface area contributed by atoms with E-state index in [2.05, 4.69) is 13.2 Å². The third kappa shape index (κ3) is 4.44. The largest absolute Gasteiger partial charge is 0.468 e. The lowest BCUT2D eigenvalue weighted by Gasteiger charge is -2.17. The molecule has 0 saturated carbocycles. The van der Waals surface area contributed by atoms with E-state index >= 15 is 0 Å². The molecule has 0 aromatic heterocycles. The summed E-state index contributed by atoms with van der Waals surface area (Å²) in [4.78, 5) is 0. The molecule has 1 atom stereocenters. The Balaban J connectivity index is 4.58. The minimum Gasteiger partial charge on any atom is -0.413 e. The molecule has 0 N–H and O–H groups in total. The van der Waals surface area contributed by atoms with E-state index in [9.17, 15) is 0 Å². The highest BCUT2D eigenvalue weighted by Gasteiger charge is 2.26. The van der Waals surface area contributed by atoms with Gasteiger partial charge in [0, 0.05) is 20.0 Å². The Bertz CT molecular complexity index is 229. The van der Waals surface area contributed by atoms with Crippen molar-refractivity contribution < 1.29 is 9.31 Å². The molecule has 0 rings (SSSR count). The van der Waals surface area contributed by atoms with Crippen LogP contribution in [0.4, 0.5) is 0 Å². The van der Waals surface area contributed by atoms with E-state index in [4.69, 9.17) is 9.31 Å². The van der Waals surface area contributed by atoms with Gasteiger partial charge in [0.15, 0.2) is 0 Å². The van der Waals surface area contributed by atoms with Crippen LogP contribution in [0.2, 0.25) is 5.82 Å². The van der Waals surface area contributed by atoms with Gasteiger partial charge in [-0.2, -0.15) is 0 Å². The van der Waals surface area contributed by atoms with Gasteiger partial charge in [-0.25, -0.2) is 0 Å². The van der Waals surface area contributed by atoms with Crippen LogP contribution in [0.5, 0.6) is 0 Å². The molecular weight excluding hydrogens is 175 g/mol. The number of hydrogen-bond donors (Lipinski definition) is 0. The predicted octanol–water partition coefficient (Wildman–Crippen LogP) is 2.85. The molecule has 14 heavy (non-hydrogen) atoms. The molecule has 0 saturated heterocycles. The lowest BCUT2D eigenvalue weighted by Crippen LogP contribution is -2.25. The topological polar surface area (TPSA) is 18.5 Å². The van der Waals surface area contributed by atoms with Gasteiger partial charge in [0.1, 0.15) is 0 Å². The third-order valence-corrected chi connectivity index (χ3v) is 1.91. The molecule has 1 unspecified atom stereocenters. The van der Waals surface area contributed by atoms with Gasteiger partial charge in [0.25, 0.3) is 0 Å². The van der Waals surface area contributed by atoms with Gasteiger partial charge in [-0.15, -0.1) is 6.58 Å². The van der Waals surface area contributed by atoms with Gasteiger partial charge in [-0.1, -0.05) is 29.9 Å². The summed E-state index contributed by atoms with van der Waals surface area (Å²) in [5.74, 6) is 0.0710. The summed E-state index contributed by atoms with van der Waals surface area (Å²) in [7, 11) is 2.97. The van der Waals surface area contributed by atoms with Crippen LogP contribution >= 0.6 is 0 Å². The van der Waals surface area contributed by atoms with Crippen LogP contribution in [0.25, 0.3) is 0 Å². The molecule has 0 heterocycles. The zero-order chi connectivity index (χ0) is 11.1. The molecule has 2 nitrogen and oxygen atoms in total. The quantitative estimate of drug-likeness (QED) is 0.367. The van der Waals surface area contributed by atoms with E-state index in [0.717, 1.165) is 11.1 Å². The summed E-state index contributed by atoms with van der Waals surface area (Å²) in [5, 5.41) is 0. The van der Waals surface area contributed by atoms with E-state index in [1.807, 2.05) is 26.0 Å². The first-order chi connectivity index (χ1) is 6.52. The minimum atomic E-state index is -0.275. The lowest BCUT2D eigenvalue weighted by atomic mass is 9.68. The molecule has 0 spiro atoms. The van der Waals surface area contributed by atoms with E-state index in [0.29, 0.717) is 0 Å². The molecule has 0 aliphatic rings. The second-order valence-corrected chi connectivity index (χ2v) is 3.42. The Morgan fingerprint density at radius 3 is 2.00 bits per heavy atom. The highest BCUT2D eigenvalue weighted by Crippen LogP contribution is 2.22. The van der Waals surface area contributed by atoms with Crippen molar-refractivity contribution in [3.8, 4) is 0 Å². The Hall–Kier alpha value is -0.795. The zero-order valence-corrected chi connectivity index (χ0v) is 9.54. The van der Waals surface area contributed by atoms with E-state index < -0.39 is 0 Å². The van der Waals surface area contributed by atoms with Crippen molar-refractivity contribution in [2.45, 2.75) is 19.7 Å². The summed E-state index contributed by atoms with van der Waals surface area (Å²) < 4.78 is 10.4. The maximum Gasteiger partial charge on any atom is 0.468 e. The van der Waals surface area contributed by atoms with Crippen molar-refractivity contribution in [3.05, 3.63) is 36.5 Å². The van der Waals surface area contributed by atoms with Gasteiger partial charge in [-0.05, 0) is 13.8 Å². The molecule has 78 valence electrons. The zero-order valence-electron chi connectivity index (χ0n) is 9.54. The fraction of sp³-hybridized carbons (Fsp3) is 0.455. The smallest absolute Gasteiger partial charge is 0.413 e. The average Bonchev–Trinajstić information content (AvgIpc) is 2.11. The fourth-order valence-corrected chi connectivity index (χ4v) is 1.14. The minimum absolute atomic E-state index is 0.0710. The SMILES string of the molecule is C=C(C)/C=C\C(B(OC)OC)C(=C)C. The summed E-state index contributed by atoms with van der Waals surface area (Å²) in [6.45, 7) is 11.6. The Morgan fingerprint density at radius 1 is 1.21 bits per heavy atom. The maximum atomic E-state index is 5.19.